The molecule has 124 valence electrons. The Morgan fingerprint density at radius 2 is 2.30 bits per heavy atom. The van der Waals surface area contributed by atoms with Crippen LogP contribution in [0.4, 0.5) is 0 Å². The van der Waals surface area contributed by atoms with Crippen LogP contribution >= 0.6 is 0 Å². The maximum atomic E-state index is 11.9. The molecule has 3 N–H and O–H groups in total. The Morgan fingerprint density at radius 1 is 1.43 bits per heavy atom. The summed E-state index contributed by atoms with van der Waals surface area (Å²) in [5, 5.41) is 17.3. The number of phenolic OH excluding ortho intramolecular Hbond substituents is 1. The van der Waals surface area contributed by atoms with E-state index in [2.05, 4.69) is 27.3 Å². The Morgan fingerprint density at radius 3 is 3.13 bits per heavy atom. The Hall–Kier alpha value is -2.18. The highest BCUT2D eigenvalue weighted by atomic mass is 16.3. The number of benzene rings is 1. The molecule has 0 atom stereocenters. The SMILES string of the molecule is C=CCc1cccc(/C=N/NC(=O)CN2CCCNCC2)c1O. The molecule has 23 heavy (non-hydrogen) atoms. The third-order valence-electron chi connectivity index (χ3n) is 3.71. The second-order valence-corrected chi connectivity index (χ2v) is 5.52. The van der Waals surface area contributed by atoms with Crippen LogP contribution in [-0.2, 0) is 11.2 Å². The Kier molecular flexibility index (Phi) is 6.77. The minimum Gasteiger partial charge on any atom is -0.507 e. The monoisotopic (exact) mass is 316 g/mol. The highest BCUT2D eigenvalue weighted by molar-refractivity contribution is 5.86. The summed E-state index contributed by atoms with van der Waals surface area (Å²) in [6, 6.07) is 5.42. The number of carbonyl (C=O) groups is 1. The topological polar surface area (TPSA) is 77.0 Å². The first-order valence-electron chi connectivity index (χ1n) is 7.87. The first kappa shape index (κ1) is 17.2. The van der Waals surface area contributed by atoms with Gasteiger partial charge in [-0.15, -0.1) is 6.58 Å². The number of carbonyl (C=O) groups excluding carboxylic acids is 1. The lowest BCUT2D eigenvalue weighted by Crippen LogP contribution is -2.37. The van der Waals surface area contributed by atoms with Gasteiger partial charge in [-0.1, -0.05) is 18.2 Å². The lowest BCUT2D eigenvalue weighted by Gasteiger charge is -2.17. The van der Waals surface area contributed by atoms with E-state index in [-0.39, 0.29) is 11.7 Å². The van der Waals surface area contributed by atoms with Gasteiger partial charge in [0, 0.05) is 18.7 Å². The Labute approximate surface area is 136 Å². The average Bonchev–Trinajstić information content (AvgIpc) is 2.80. The number of hydrogen-bond donors (Lipinski definition) is 3. The lowest BCUT2D eigenvalue weighted by molar-refractivity contribution is -0.122. The molecule has 0 saturated carbocycles. The van der Waals surface area contributed by atoms with Gasteiger partial charge < -0.3 is 10.4 Å². The second-order valence-electron chi connectivity index (χ2n) is 5.52. The van der Waals surface area contributed by atoms with Gasteiger partial charge in [0.25, 0.3) is 5.91 Å². The Bertz CT molecular complexity index is 564. The third-order valence-corrected chi connectivity index (χ3v) is 3.71. The average molecular weight is 316 g/mol. The van der Waals surface area contributed by atoms with Crippen LogP contribution in [0, 0.1) is 0 Å². The number of para-hydroxylation sites is 1. The third kappa shape index (κ3) is 5.50. The zero-order chi connectivity index (χ0) is 16.5. The van der Waals surface area contributed by atoms with Crippen molar-refractivity contribution < 1.29 is 9.90 Å². The first-order chi connectivity index (χ1) is 11.2. The predicted octanol–water partition coefficient (Wildman–Crippen LogP) is 0.866. The standard InChI is InChI=1S/C17H24N4O2/c1-2-5-14-6-3-7-15(17(14)23)12-19-20-16(22)13-21-10-4-8-18-9-11-21/h2-3,6-7,12,18,23H,1,4-5,8-11,13H2,(H,20,22)/b19-12+. The second kappa shape index (κ2) is 9.07. The molecule has 1 aliphatic rings. The fraction of sp³-hybridized carbons (Fsp3) is 0.412. The van der Waals surface area contributed by atoms with Crippen molar-refractivity contribution in [2.24, 2.45) is 5.10 Å². The first-order valence-corrected chi connectivity index (χ1v) is 7.87. The van der Waals surface area contributed by atoms with Gasteiger partial charge in [-0.3, -0.25) is 9.69 Å². The van der Waals surface area contributed by atoms with Gasteiger partial charge in [-0.25, -0.2) is 5.43 Å². The number of rotatable bonds is 6. The molecule has 1 saturated heterocycles. The van der Waals surface area contributed by atoms with E-state index in [1.165, 1.54) is 6.21 Å². The Balaban J connectivity index is 1.87. The number of hydrogen-bond acceptors (Lipinski definition) is 5. The maximum absolute atomic E-state index is 11.9. The van der Waals surface area contributed by atoms with E-state index in [4.69, 9.17) is 0 Å². The summed E-state index contributed by atoms with van der Waals surface area (Å²) in [7, 11) is 0. The predicted molar refractivity (Wildman–Crippen MR) is 91.7 cm³/mol. The summed E-state index contributed by atoms with van der Waals surface area (Å²) in [6.45, 7) is 7.67. The molecule has 0 spiro atoms. The van der Waals surface area contributed by atoms with Crippen LogP contribution in [0.15, 0.2) is 36.0 Å². The minimum absolute atomic E-state index is 0.148. The zero-order valence-electron chi connectivity index (χ0n) is 13.3. The van der Waals surface area contributed by atoms with E-state index in [0.29, 0.717) is 18.5 Å². The number of hydrazone groups is 1. The summed E-state index contributed by atoms with van der Waals surface area (Å²) in [5.74, 6) is 0.0221. The van der Waals surface area contributed by atoms with Crippen LogP contribution in [0.3, 0.4) is 0 Å². The number of phenols is 1. The van der Waals surface area contributed by atoms with Crippen molar-refractivity contribution in [3.05, 3.63) is 42.0 Å². The van der Waals surface area contributed by atoms with Crippen LogP contribution in [0.2, 0.25) is 0 Å². The van der Waals surface area contributed by atoms with Crippen molar-refractivity contribution in [1.82, 2.24) is 15.6 Å². The molecule has 2 rings (SSSR count). The largest absolute Gasteiger partial charge is 0.507 e. The number of aromatic hydroxyl groups is 1. The zero-order valence-corrected chi connectivity index (χ0v) is 13.3. The minimum atomic E-state index is -0.148. The van der Waals surface area contributed by atoms with Gasteiger partial charge in [0.05, 0.1) is 12.8 Å². The van der Waals surface area contributed by atoms with Gasteiger partial charge >= 0.3 is 0 Å². The van der Waals surface area contributed by atoms with Gasteiger partial charge in [0.1, 0.15) is 5.75 Å². The van der Waals surface area contributed by atoms with Crippen LogP contribution in [-0.4, -0.2) is 54.9 Å². The van der Waals surface area contributed by atoms with E-state index >= 15 is 0 Å². The van der Waals surface area contributed by atoms with Crippen molar-refractivity contribution in [2.75, 3.05) is 32.7 Å². The molecule has 1 aliphatic heterocycles. The van der Waals surface area contributed by atoms with E-state index in [0.717, 1.165) is 38.2 Å². The fourth-order valence-corrected chi connectivity index (χ4v) is 2.51. The molecular weight excluding hydrogens is 292 g/mol. The van der Waals surface area contributed by atoms with E-state index in [1.807, 2.05) is 12.1 Å². The molecule has 0 aliphatic carbocycles. The van der Waals surface area contributed by atoms with Gasteiger partial charge in [-0.2, -0.15) is 5.10 Å². The molecular formula is C17H24N4O2. The molecule has 1 heterocycles. The van der Waals surface area contributed by atoms with E-state index in [9.17, 15) is 9.90 Å². The number of nitrogens with zero attached hydrogens (tertiary/aromatic N) is 2. The molecule has 0 unspecified atom stereocenters. The van der Waals surface area contributed by atoms with Gasteiger partial charge in [0.15, 0.2) is 0 Å². The molecule has 6 heteroatoms. The molecule has 1 aromatic rings. The van der Waals surface area contributed by atoms with Gasteiger partial charge in [0.2, 0.25) is 0 Å². The van der Waals surface area contributed by atoms with Crippen molar-refractivity contribution in [1.29, 1.82) is 0 Å². The van der Waals surface area contributed by atoms with Crippen LogP contribution in [0.1, 0.15) is 17.5 Å². The molecule has 6 nitrogen and oxygen atoms in total. The van der Waals surface area contributed by atoms with Crippen LogP contribution in [0.25, 0.3) is 0 Å². The highest BCUT2D eigenvalue weighted by Gasteiger charge is 2.12. The quantitative estimate of drug-likeness (QED) is 0.413. The molecule has 0 bridgehead atoms. The number of allylic oxidation sites excluding steroid dienone is 1. The summed E-state index contributed by atoms with van der Waals surface area (Å²) in [4.78, 5) is 14.0. The van der Waals surface area contributed by atoms with Crippen molar-refractivity contribution in [2.45, 2.75) is 12.8 Å². The number of nitrogens with one attached hydrogen (secondary N) is 2. The summed E-state index contributed by atoms with van der Waals surface area (Å²) >= 11 is 0. The fourth-order valence-electron chi connectivity index (χ4n) is 2.51. The van der Waals surface area contributed by atoms with E-state index in [1.54, 1.807) is 12.1 Å². The summed E-state index contributed by atoms with van der Waals surface area (Å²) in [6.07, 6.45) is 4.82. The lowest BCUT2D eigenvalue weighted by atomic mass is 10.1. The number of amides is 1. The van der Waals surface area contributed by atoms with Crippen molar-refractivity contribution in [3.63, 3.8) is 0 Å². The van der Waals surface area contributed by atoms with Crippen LogP contribution < -0.4 is 10.7 Å². The highest BCUT2D eigenvalue weighted by Crippen LogP contribution is 2.21. The summed E-state index contributed by atoms with van der Waals surface area (Å²) in [5.41, 5.74) is 3.87. The van der Waals surface area contributed by atoms with Crippen LogP contribution in [0.5, 0.6) is 5.75 Å². The van der Waals surface area contributed by atoms with Crippen molar-refractivity contribution >= 4 is 12.1 Å². The van der Waals surface area contributed by atoms with Crippen molar-refractivity contribution in [3.8, 4) is 5.75 Å². The molecule has 0 radical (unpaired) electrons. The molecule has 1 aromatic carbocycles. The smallest absolute Gasteiger partial charge is 0.254 e. The van der Waals surface area contributed by atoms with E-state index < -0.39 is 0 Å². The normalized spacial score (nSPS) is 16.2. The van der Waals surface area contributed by atoms with Gasteiger partial charge in [-0.05, 0) is 37.6 Å². The molecule has 1 fully saturated rings. The molecule has 1 amide bonds. The maximum Gasteiger partial charge on any atom is 0.254 e. The summed E-state index contributed by atoms with van der Waals surface area (Å²) < 4.78 is 0. The molecule has 0 aromatic heterocycles.